The molecule has 2 aromatic carbocycles. The van der Waals surface area contributed by atoms with Crippen LogP contribution >= 0.6 is 0 Å². The Balaban J connectivity index is 1.43. The molecule has 1 aliphatic rings. The standard InChI is InChI=1S/C25H23FN4O4/c1-13-9-15(3-7-19(13)26)11-27-23(31)21-10-22(29-12-28-21)24(32)30-20-8-6-16-14(2)17(25(33)34)4-5-18(16)20/h3-5,7,9-10,12,20H,6,8,11H2,1-2H3,(H,27,31)(H,30,32)(H,33,34)/t20-/m0/s1. The van der Waals surface area contributed by atoms with Crippen LogP contribution in [0.5, 0.6) is 0 Å². The zero-order valence-electron chi connectivity index (χ0n) is 18.7. The molecule has 34 heavy (non-hydrogen) atoms. The minimum atomic E-state index is -0.978. The normalized spacial score (nSPS) is 14.4. The van der Waals surface area contributed by atoms with Crippen LogP contribution in [0.3, 0.4) is 0 Å². The number of aromatic carboxylic acids is 1. The van der Waals surface area contributed by atoms with Crippen LogP contribution in [0, 0.1) is 19.7 Å². The molecule has 0 aliphatic heterocycles. The summed E-state index contributed by atoms with van der Waals surface area (Å²) in [5.74, 6) is -2.23. The van der Waals surface area contributed by atoms with Crippen molar-refractivity contribution in [2.75, 3.05) is 0 Å². The molecular formula is C25H23FN4O4. The van der Waals surface area contributed by atoms with E-state index in [2.05, 4.69) is 20.6 Å². The van der Waals surface area contributed by atoms with Gasteiger partial charge in [0.25, 0.3) is 11.8 Å². The summed E-state index contributed by atoms with van der Waals surface area (Å²) in [6, 6.07) is 8.90. The molecule has 174 valence electrons. The smallest absolute Gasteiger partial charge is 0.335 e. The number of hydrogen-bond acceptors (Lipinski definition) is 5. The summed E-state index contributed by atoms with van der Waals surface area (Å²) in [4.78, 5) is 44.7. The molecule has 1 atom stereocenters. The lowest BCUT2D eigenvalue weighted by Gasteiger charge is -2.15. The first-order valence-corrected chi connectivity index (χ1v) is 10.8. The van der Waals surface area contributed by atoms with Crippen molar-refractivity contribution >= 4 is 17.8 Å². The third-order valence-electron chi connectivity index (χ3n) is 6.04. The first-order chi connectivity index (χ1) is 16.2. The second-order valence-electron chi connectivity index (χ2n) is 8.23. The van der Waals surface area contributed by atoms with Crippen LogP contribution in [0.25, 0.3) is 0 Å². The fourth-order valence-electron chi connectivity index (χ4n) is 4.19. The van der Waals surface area contributed by atoms with Gasteiger partial charge in [-0.05, 0) is 66.6 Å². The maximum absolute atomic E-state index is 13.4. The van der Waals surface area contributed by atoms with Crippen molar-refractivity contribution in [1.29, 1.82) is 0 Å². The number of nitrogens with zero attached hydrogens (tertiary/aromatic N) is 2. The molecule has 0 saturated heterocycles. The predicted molar refractivity (Wildman–Crippen MR) is 121 cm³/mol. The zero-order valence-corrected chi connectivity index (χ0v) is 18.7. The third-order valence-corrected chi connectivity index (χ3v) is 6.04. The van der Waals surface area contributed by atoms with Gasteiger partial charge in [0.2, 0.25) is 0 Å². The highest BCUT2D eigenvalue weighted by Gasteiger charge is 2.28. The van der Waals surface area contributed by atoms with Crippen molar-refractivity contribution in [3.63, 3.8) is 0 Å². The van der Waals surface area contributed by atoms with Crippen LogP contribution in [0.15, 0.2) is 42.7 Å². The van der Waals surface area contributed by atoms with Gasteiger partial charge in [-0.15, -0.1) is 0 Å². The molecule has 3 aromatic rings. The number of fused-ring (bicyclic) bond motifs is 1. The lowest BCUT2D eigenvalue weighted by Crippen LogP contribution is -2.29. The summed E-state index contributed by atoms with van der Waals surface area (Å²) in [5.41, 5.74) is 4.09. The molecule has 1 heterocycles. The summed E-state index contributed by atoms with van der Waals surface area (Å²) < 4.78 is 13.4. The van der Waals surface area contributed by atoms with Gasteiger partial charge in [0.1, 0.15) is 23.5 Å². The number of carbonyl (C=O) groups excluding carboxylic acids is 2. The average molecular weight is 462 g/mol. The first-order valence-electron chi connectivity index (χ1n) is 10.8. The van der Waals surface area contributed by atoms with Crippen molar-refractivity contribution in [2.45, 2.75) is 39.3 Å². The lowest BCUT2D eigenvalue weighted by molar-refractivity contribution is 0.0695. The van der Waals surface area contributed by atoms with Crippen molar-refractivity contribution in [2.24, 2.45) is 0 Å². The maximum Gasteiger partial charge on any atom is 0.335 e. The highest BCUT2D eigenvalue weighted by Crippen LogP contribution is 2.34. The first kappa shape index (κ1) is 23.0. The monoisotopic (exact) mass is 462 g/mol. The van der Waals surface area contributed by atoms with E-state index < -0.39 is 17.8 Å². The molecule has 3 N–H and O–H groups in total. The quantitative estimate of drug-likeness (QED) is 0.517. The highest BCUT2D eigenvalue weighted by molar-refractivity contribution is 5.97. The molecule has 0 fully saturated rings. The van der Waals surface area contributed by atoms with Gasteiger partial charge in [0, 0.05) is 12.6 Å². The second kappa shape index (κ2) is 9.38. The van der Waals surface area contributed by atoms with E-state index in [1.807, 2.05) is 0 Å². The van der Waals surface area contributed by atoms with Crippen LogP contribution in [0.4, 0.5) is 4.39 Å². The minimum Gasteiger partial charge on any atom is -0.478 e. The molecule has 1 aromatic heterocycles. The highest BCUT2D eigenvalue weighted by atomic mass is 19.1. The van der Waals surface area contributed by atoms with E-state index in [9.17, 15) is 23.9 Å². The molecule has 0 bridgehead atoms. The van der Waals surface area contributed by atoms with E-state index >= 15 is 0 Å². The number of carbonyl (C=O) groups is 3. The van der Waals surface area contributed by atoms with Gasteiger partial charge in [0.05, 0.1) is 11.6 Å². The number of rotatable bonds is 6. The molecule has 4 rings (SSSR count). The molecular weight excluding hydrogens is 439 g/mol. The van der Waals surface area contributed by atoms with Crippen LogP contribution < -0.4 is 10.6 Å². The molecule has 8 nitrogen and oxygen atoms in total. The van der Waals surface area contributed by atoms with Gasteiger partial charge in [-0.25, -0.2) is 19.2 Å². The molecule has 2 amide bonds. The largest absolute Gasteiger partial charge is 0.478 e. The number of carboxylic acid groups (broad SMARTS) is 1. The number of amides is 2. The van der Waals surface area contributed by atoms with Crippen molar-refractivity contribution in [3.8, 4) is 0 Å². The Hall–Kier alpha value is -4.14. The van der Waals surface area contributed by atoms with Gasteiger partial charge in [-0.1, -0.05) is 18.2 Å². The number of aryl methyl sites for hydroxylation is 1. The van der Waals surface area contributed by atoms with E-state index in [0.717, 1.165) is 23.0 Å². The number of nitrogens with one attached hydrogen (secondary N) is 2. The Labute approximate surface area is 195 Å². The molecule has 0 saturated carbocycles. The van der Waals surface area contributed by atoms with Gasteiger partial charge in [-0.3, -0.25) is 9.59 Å². The zero-order chi connectivity index (χ0) is 24.4. The number of benzene rings is 2. The topological polar surface area (TPSA) is 121 Å². The van der Waals surface area contributed by atoms with E-state index in [1.165, 1.54) is 12.1 Å². The minimum absolute atomic E-state index is 0.0350. The Morgan fingerprint density at radius 1 is 1.06 bits per heavy atom. The van der Waals surface area contributed by atoms with E-state index in [0.29, 0.717) is 24.0 Å². The fraction of sp³-hybridized carbons (Fsp3) is 0.240. The maximum atomic E-state index is 13.4. The Kier molecular flexibility index (Phi) is 6.36. The van der Waals surface area contributed by atoms with Crippen LogP contribution in [-0.2, 0) is 13.0 Å². The van der Waals surface area contributed by atoms with E-state index in [1.54, 1.807) is 38.1 Å². The van der Waals surface area contributed by atoms with Crippen LogP contribution in [0.1, 0.15) is 71.6 Å². The number of aromatic nitrogens is 2. The van der Waals surface area contributed by atoms with Crippen LogP contribution in [0.2, 0.25) is 0 Å². The van der Waals surface area contributed by atoms with E-state index in [-0.39, 0.29) is 35.4 Å². The average Bonchev–Trinajstić information content (AvgIpc) is 3.23. The summed E-state index contributed by atoms with van der Waals surface area (Å²) in [5, 5.41) is 14.9. The number of halogens is 1. The Morgan fingerprint density at radius 2 is 1.79 bits per heavy atom. The van der Waals surface area contributed by atoms with Gasteiger partial charge < -0.3 is 15.7 Å². The van der Waals surface area contributed by atoms with Gasteiger partial charge >= 0.3 is 5.97 Å². The summed E-state index contributed by atoms with van der Waals surface area (Å²) >= 11 is 0. The van der Waals surface area contributed by atoms with Crippen molar-refractivity contribution < 1.29 is 23.9 Å². The van der Waals surface area contributed by atoms with Crippen LogP contribution in [-0.4, -0.2) is 32.9 Å². The second-order valence-corrected chi connectivity index (χ2v) is 8.23. The predicted octanol–water partition coefficient (Wildman–Crippen LogP) is 3.28. The lowest BCUT2D eigenvalue weighted by atomic mass is 9.98. The Bertz CT molecular complexity index is 1310. The van der Waals surface area contributed by atoms with Gasteiger partial charge in [-0.2, -0.15) is 0 Å². The number of carboxylic acids is 1. The number of hydrogen-bond donors (Lipinski definition) is 3. The van der Waals surface area contributed by atoms with Crippen molar-refractivity contribution in [3.05, 3.63) is 93.3 Å². The van der Waals surface area contributed by atoms with E-state index in [4.69, 9.17) is 0 Å². The van der Waals surface area contributed by atoms with Crippen molar-refractivity contribution in [1.82, 2.24) is 20.6 Å². The SMILES string of the molecule is Cc1cc(CNC(=O)c2cc(C(=O)N[C@H]3CCc4c3ccc(C(=O)O)c4C)ncn2)ccc1F. The molecule has 0 unspecified atom stereocenters. The molecule has 0 radical (unpaired) electrons. The molecule has 0 spiro atoms. The molecule has 9 heteroatoms. The van der Waals surface area contributed by atoms with Gasteiger partial charge in [0.15, 0.2) is 0 Å². The third kappa shape index (κ3) is 4.63. The summed E-state index contributed by atoms with van der Waals surface area (Å²) in [6.07, 6.45) is 2.45. The Morgan fingerprint density at radius 3 is 2.50 bits per heavy atom. The molecule has 1 aliphatic carbocycles. The summed E-state index contributed by atoms with van der Waals surface area (Å²) in [6.45, 7) is 3.60. The summed E-state index contributed by atoms with van der Waals surface area (Å²) in [7, 11) is 0. The fourth-order valence-corrected chi connectivity index (χ4v) is 4.19.